The van der Waals surface area contributed by atoms with E-state index >= 15 is 0 Å². The molecule has 2 aliphatic heterocycles. The molecule has 0 bridgehead atoms. The first kappa shape index (κ1) is 43.7. The fraction of sp³-hybridized carbons (Fsp3) is 0.182. The summed E-state index contributed by atoms with van der Waals surface area (Å²) >= 11 is 0. The number of hydrogen-bond acceptors (Lipinski definition) is 3. The van der Waals surface area contributed by atoms with Crippen LogP contribution in [0.4, 0.5) is 34.1 Å². The number of nitrogens with zero attached hydrogens (tertiary/aromatic N) is 2. The van der Waals surface area contributed by atoms with Crippen molar-refractivity contribution < 1.29 is 4.42 Å². The summed E-state index contributed by atoms with van der Waals surface area (Å²) in [5, 5.41) is 2.29. The molecule has 0 fully saturated rings. The van der Waals surface area contributed by atoms with E-state index < -0.39 is 0 Å². The fourth-order valence-corrected chi connectivity index (χ4v) is 11.8. The van der Waals surface area contributed by atoms with Crippen LogP contribution in [-0.4, -0.2) is 6.71 Å². The maximum absolute atomic E-state index is 6.66. The molecular formula is C66H59BN2O. The molecule has 0 aliphatic carbocycles. The summed E-state index contributed by atoms with van der Waals surface area (Å²) in [6.45, 7) is 23.2. The van der Waals surface area contributed by atoms with E-state index in [-0.39, 0.29) is 17.5 Å². The Balaban J connectivity index is 1.15. The largest absolute Gasteiger partial charge is 0.455 e. The van der Waals surface area contributed by atoms with Crippen LogP contribution in [0, 0.1) is 27.7 Å². The molecule has 342 valence electrons. The topological polar surface area (TPSA) is 19.6 Å². The lowest BCUT2D eigenvalue weighted by Crippen LogP contribution is -2.61. The average molecular weight is 907 g/mol. The van der Waals surface area contributed by atoms with Gasteiger partial charge in [-0.2, -0.15) is 0 Å². The second kappa shape index (κ2) is 16.0. The summed E-state index contributed by atoms with van der Waals surface area (Å²) in [7, 11) is 0. The molecule has 0 saturated carbocycles. The van der Waals surface area contributed by atoms with Gasteiger partial charge in [-0.15, -0.1) is 0 Å². The molecule has 70 heavy (non-hydrogen) atoms. The van der Waals surface area contributed by atoms with Crippen LogP contribution in [0.1, 0.15) is 74.9 Å². The number of para-hydroxylation sites is 2. The first-order valence-electron chi connectivity index (χ1n) is 24.9. The third-order valence-electron chi connectivity index (χ3n) is 15.2. The molecule has 0 N–H and O–H groups in total. The zero-order valence-electron chi connectivity index (χ0n) is 42.1. The van der Waals surface area contributed by atoms with Gasteiger partial charge in [0.2, 0.25) is 0 Å². The Kier molecular flexibility index (Phi) is 9.99. The lowest BCUT2D eigenvalue weighted by atomic mass is 9.33. The molecule has 0 amide bonds. The van der Waals surface area contributed by atoms with Crippen molar-refractivity contribution in [2.45, 2.75) is 80.1 Å². The van der Waals surface area contributed by atoms with E-state index in [1.54, 1.807) is 0 Å². The van der Waals surface area contributed by atoms with Crippen molar-refractivity contribution in [1.29, 1.82) is 0 Å². The van der Waals surface area contributed by atoms with Gasteiger partial charge in [-0.25, -0.2) is 0 Å². The summed E-state index contributed by atoms with van der Waals surface area (Å²) < 4.78 is 6.66. The summed E-state index contributed by atoms with van der Waals surface area (Å²) in [4.78, 5) is 5.20. The molecule has 0 atom stereocenters. The lowest BCUT2D eigenvalue weighted by Gasteiger charge is -2.45. The zero-order chi connectivity index (χ0) is 48.4. The van der Waals surface area contributed by atoms with Gasteiger partial charge in [-0.1, -0.05) is 163 Å². The number of rotatable bonds is 5. The monoisotopic (exact) mass is 906 g/mol. The molecule has 0 radical (unpaired) electrons. The third kappa shape index (κ3) is 6.94. The highest BCUT2D eigenvalue weighted by Gasteiger charge is 2.45. The Bertz CT molecular complexity index is 3690. The lowest BCUT2D eigenvalue weighted by molar-refractivity contribution is 0.590. The number of hydrogen-bond donors (Lipinski definition) is 0. The standard InChI is InChI=1S/C66H59BN2O/c1-40-32-49(33-41(2)61(40)45-22-15-12-16-23-45)68-56-31-28-46(44-20-13-11-14-21-44)36-55(56)67-54-30-29-47(65(5,6)7)37-57(54)69(59-39-48(66(8,9)10)38-58(68)63(59)67)50-34-42(3)62(43(4)35-50)53-26-19-25-52-51-24-17-18-27-60(51)70-64(52)53/h11-39H,1-10H3. The van der Waals surface area contributed by atoms with Crippen LogP contribution >= 0.6 is 0 Å². The minimum absolute atomic E-state index is 0.0212. The number of furan rings is 1. The van der Waals surface area contributed by atoms with E-state index in [1.807, 2.05) is 0 Å². The average Bonchev–Trinajstić information content (AvgIpc) is 3.72. The van der Waals surface area contributed by atoms with Crippen LogP contribution in [-0.2, 0) is 10.8 Å². The van der Waals surface area contributed by atoms with Gasteiger partial charge in [0.15, 0.2) is 0 Å². The molecule has 2 aliphatic rings. The molecule has 12 rings (SSSR count). The van der Waals surface area contributed by atoms with Crippen molar-refractivity contribution in [3.05, 3.63) is 209 Å². The van der Waals surface area contributed by atoms with Crippen molar-refractivity contribution in [1.82, 2.24) is 0 Å². The normalized spacial score (nSPS) is 13.2. The highest BCUT2D eigenvalue weighted by molar-refractivity contribution is 7.00. The molecule has 9 aromatic carbocycles. The maximum atomic E-state index is 6.66. The van der Waals surface area contributed by atoms with Gasteiger partial charge in [0.1, 0.15) is 11.2 Å². The Morgan fingerprint density at radius 3 is 1.57 bits per heavy atom. The van der Waals surface area contributed by atoms with Crippen molar-refractivity contribution >= 4 is 79.2 Å². The van der Waals surface area contributed by atoms with E-state index in [9.17, 15) is 0 Å². The van der Waals surface area contributed by atoms with Crippen LogP contribution < -0.4 is 26.2 Å². The van der Waals surface area contributed by atoms with Gasteiger partial charge >= 0.3 is 0 Å². The van der Waals surface area contributed by atoms with E-state index in [1.165, 1.54) is 106 Å². The van der Waals surface area contributed by atoms with Gasteiger partial charge < -0.3 is 14.2 Å². The maximum Gasteiger partial charge on any atom is 0.252 e. The molecule has 3 heterocycles. The van der Waals surface area contributed by atoms with Gasteiger partial charge in [-0.3, -0.25) is 0 Å². The summed E-state index contributed by atoms with van der Waals surface area (Å²) in [6.07, 6.45) is 0. The SMILES string of the molecule is Cc1cc(N2c3ccc(-c4ccccc4)cc3B3c4ccc(C(C)(C)C)cc4N(c4cc(C)c(-c5cccc6c5oc5ccccc56)c(C)c4)c4cc(C(C)(C)C)cc2c43)cc(C)c1-c1ccccc1. The number of aryl methyl sites for hydroxylation is 4. The summed E-state index contributed by atoms with van der Waals surface area (Å²) in [6, 6.07) is 66.0. The van der Waals surface area contributed by atoms with Crippen molar-refractivity contribution in [2.24, 2.45) is 0 Å². The Labute approximate surface area is 414 Å². The van der Waals surface area contributed by atoms with Crippen LogP contribution in [0.2, 0.25) is 0 Å². The summed E-state index contributed by atoms with van der Waals surface area (Å²) in [5.41, 5.74) is 27.7. The first-order valence-corrected chi connectivity index (χ1v) is 24.9. The van der Waals surface area contributed by atoms with E-state index in [4.69, 9.17) is 4.42 Å². The Morgan fingerprint density at radius 1 is 0.400 bits per heavy atom. The molecule has 0 unspecified atom stereocenters. The highest BCUT2D eigenvalue weighted by Crippen LogP contribution is 2.49. The molecule has 3 nitrogen and oxygen atoms in total. The first-order chi connectivity index (χ1) is 33.6. The van der Waals surface area contributed by atoms with E-state index in [0.717, 1.165) is 33.2 Å². The van der Waals surface area contributed by atoms with Crippen LogP contribution in [0.25, 0.3) is 55.3 Å². The predicted octanol–water partition coefficient (Wildman–Crippen LogP) is 16.5. The van der Waals surface area contributed by atoms with Crippen LogP contribution in [0.3, 0.4) is 0 Å². The quantitative estimate of drug-likeness (QED) is 0.160. The van der Waals surface area contributed by atoms with E-state index in [2.05, 4.69) is 255 Å². The Morgan fingerprint density at radius 2 is 0.943 bits per heavy atom. The van der Waals surface area contributed by atoms with Gasteiger partial charge in [0, 0.05) is 50.5 Å². The zero-order valence-corrected chi connectivity index (χ0v) is 42.1. The molecule has 10 aromatic rings. The third-order valence-corrected chi connectivity index (χ3v) is 15.2. The van der Waals surface area contributed by atoms with E-state index in [0.29, 0.717) is 0 Å². The van der Waals surface area contributed by atoms with Gasteiger partial charge in [0.05, 0.1) is 0 Å². The fourth-order valence-electron chi connectivity index (χ4n) is 11.8. The molecule has 0 saturated heterocycles. The second-order valence-electron chi connectivity index (χ2n) is 22.0. The van der Waals surface area contributed by atoms with Crippen LogP contribution in [0.15, 0.2) is 180 Å². The molecule has 1 aromatic heterocycles. The van der Waals surface area contributed by atoms with Gasteiger partial charge in [-0.05, 0) is 171 Å². The van der Waals surface area contributed by atoms with Gasteiger partial charge in [0.25, 0.3) is 6.71 Å². The minimum atomic E-state index is -0.146. The number of benzene rings is 9. The van der Waals surface area contributed by atoms with Crippen molar-refractivity contribution in [2.75, 3.05) is 9.80 Å². The second-order valence-corrected chi connectivity index (χ2v) is 22.0. The molecular weight excluding hydrogens is 848 g/mol. The number of fused-ring (bicyclic) bond motifs is 7. The smallest absolute Gasteiger partial charge is 0.252 e. The Hall–Kier alpha value is -7.56. The number of anilines is 6. The predicted molar refractivity (Wildman–Crippen MR) is 300 cm³/mol. The highest BCUT2D eigenvalue weighted by atomic mass is 16.3. The van der Waals surface area contributed by atoms with Crippen molar-refractivity contribution in [3.8, 4) is 33.4 Å². The molecule has 4 heteroatoms. The summed E-state index contributed by atoms with van der Waals surface area (Å²) in [5.74, 6) is 0. The molecule has 0 spiro atoms. The van der Waals surface area contributed by atoms with Crippen molar-refractivity contribution in [3.63, 3.8) is 0 Å². The van der Waals surface area contributed by atoms with Crippen LogP contribution in [0.5, 0.6) is 0 Å². The minimum Gasteiger partial charge on any atom is -0.455 e.